The predicted octanol–water partition coefficient (Wildman–Crippen LogP) is 3.09. The molecule has 0 radical (unpaired) electrons. The van der Waals surface area contributed by atoms with E-state index in [2.05, 4.69) is 33.6 Å². The van der Waals surface area contributed by atoms with Crippen molar-refractivity contribution in [3.63, 3.8) is 0 Å². The molecule has 0 saturated carbocycles. The zero-order valence-corrected chi connectivity index (χ0v) is 15.0. The second-order valence-electron chi connectivity index (χ2n) is 5.81. The average Bonchev–Trinajstić information content (AvgIpc) is 3.18. The van der Waals surface area contributed by atoms with Crippen molar-refractivity contribution in [2.45, 2.75) is 32.9 Å². The highest BCUT2D eigenvalue weighted by Crippen LogP contribution is 2.24. The van der Waals surface area contributed by atoms with Crippen LogP contribution in [0, 0.1) is 6.92 Å². The largest absolute Gasteiger partial charge is 0.351 e. The molecule has 1 N–H and O–H groups in total. The number of nitrogens with zero attached hydrogens (tertiary/aromatic N) is 2. The summed E-state index contributed by atoms with van der Waals surface area (Å²) in [6, 6.07) is 2.55. The Morgan fingerprint density at radius 3 is 3.17 bits per heavy atom. The van der Waals surface area contributed by atoms with E-state index in [0.29, 0.717) is 12.6 Å². The molecular weight excluding hydrogens is 326 g/mol. The summed E-state index contributed by atoms with van der Waals surface area (Å²) in [6.07, 6.45) is 4.45. The number of hydrogen-bond acceptors (Lipinski definition) is 5. The van der Waals surface area contributed by atoms with E-state index in [0.717, 1.165) is 30.2 Å². The maximum atomic E-state index is 11.9. The smallest absolute Gasteiger partial charge is 0.244 e. The van der Waals surface area contributed by atoms with E-state index in [1.165, 1.54) is 10.4 Å². The molecule has 0 aliphatic carbocycles. The first-order valence-corrected chi connectivity index (χ1v) is 9.55. The topological polar surface area (TPSA) is 45.2 Å². The van der Waals surface area contributed by atoms with Crippen molar-refractivity contribution in [1.29, 1.82) is 0 Å². The lowest BCUT2D eigenvalue weighted by atomic mass is 10.1. The maximum Gasteiger partial charge on any atom is 0.244 e. The van der Waals surface area contributed by atoms with Crippen molar-refractivity contribution < 1.29 is 4.79 Å². The number of aromatic nitrogens is 1. The number of amides is 1. The number of rotatable bonds is 5. The molecule has 6 heteroatoms. The fourth-order valence-corrected chi connectivity index (χ4v) is 4.17. The Morgan fingerprint density at radius 1 is 1.52 bits per heavy atom. The summed E-state index contributed by atoms with van der Waals surface area (Å²) in [5, 5.41) is 8.12. The van der Waals surface area contributed by atoms with Crippen molar-refractivity contribution >= 4 is 34.7 Å². The molecular formula is C17H21N3OS2. The van der Waals surface area contributed by atoms with Gasteiger partial charge in [0, 0.05) is 42.0 Å². The van der Waals surface area contributed by atoms with E-state index in [-0.39, 0.29) is 5.91 Å². The van der Waals surface area contributed by atoms with Crippen molar-refractivity contribution in [2.75, 3.05) is 13.1 Å². The van der Waals surface area contributed by atoms with Crippen molar-refractivity contribution in [2.24, 2.45) is 0 Å². The number of carbonyl (C=O) groups is 1. The fourth-order valence-electron chi connectivity index (χ4n) is 2.70. The lowest BCUT2D eigenvalue weighted by Gasteiger charge is -2.32. The maximum absolute atomic E-state index is 11.9. The molecule has 1 atom stereocenters. The van der Waals surface area contributed by atoms with Crippen LogP contribution in [-0.4, -0.2) is 34.9 Å². The van der Waals surface area contributed by atoms with Gasteiger partial charge in [-0.15, -0.1) is 22.7 Å². The summed E-state index contributed by atoms with van der Waals surface area (Å²) in [5.74, 6) is -0.0595. The SMILES string of the molecule is Cc1nc(/C=C/C(=O)NCC(C)N2CCc3sccc3C2)cs1. The standard InChI is InChI=1S/C17H21N3OS2/c1-12(20-7-5-16-14(10-20)6-8-22-16)9-18-17(21)4-3-15-11-23-13(2)19-15/h3-4,6,8,11-12H,5,7,9-10H2,1-2H3,(H,18,21)/b4-3+. The van der Waals surface area contributed by atoms with E-state index in [1.807, 2.05) is 23.6 Å². The Labute approximate surface area is 144 Å². The van der Waals surface area contributed by atoms with Gasteiger partial charge in [-0.3, -0.25) is 9.69 Å². The zero-order valence-electron chi connectivity index (χ0n) is 13.4. The summed E-state index contributed by atoms with van der Waals surface area (Å²) in [7, 11) is 0. The van der Waals surface area contributed by atoms with Gasteiger partial charge in [0.25, 0.3) is 0 Å². The van der Waals surface area contributed by atoms with Crippen LogP contribution in [0.15, 0.2) is 22.9 Å². The van der Waals surface area contributed by atoms with E-state index in [4.69, 9.17) is 0 Å². The van der Waals surface area contributed by atoms with Gasteiger partial charge >= 0.3 is 0 Å². The molecule has 0 aromatic carbocycles. The molecule has 0 bridgehead atoms. The molecule has 0 fully saturated rings. The van der Waals surface area contributed by atoms with Crippen LogP contribution in [0.4, 0.5) is 0 Å². The molecule has 3 rings (SSSR count). The number of thiophene rings is 1. The molecule has 1 unspecified atom stereocenters. The number of thiazole rings is 1. The van der Waals surface area contributed by atoms with Crippen LogP contribution in [0.1, 0.15) is 28.1 Å². The third kappa shape index (κ3) is 4.28. The first kappa shape index (κ1) is 16.4. The Kier molecular flexibility index (Phi) is 5.25. The molecule has 4 nitrogen and oxygen atoms in total. The van der Waals surface area contributed by atoms with Gasteiger partial charge < -0.3 is 5.32 Å². The van der Waals surface area contributed by atoms with Crippen molar-refractivity contribution in [3.05, 3.63) is 44.0 Å². The molecule has 3 heterocycles. The number of fused-ring (bicyclic) bond motifs is 1. The summed E-state index contributed by atoms with van der Waals surface area (Å²) in [6.45, 7) is 6.85. The molecule has 1 aliphatic rings. The number of carbonyl (C=O) groups excluding carboxylic acids is 1. The number of nitrogens with one attached hydrogen (secondary N) is 1. The summed E-state index contributed by atoms with van der Waals surface area (Å²) in [4.78, 5) is 20.2. The van der Waals surface area contributed by atoms with Gasteiger partial charge in [0.2, 0.25) is 5.91 Å². The molecule has 1 aliphatic heterocycles. The lowest BCUT2D eigenvalue weighted by molar-refractivity contribution is -0.116. The van der Waals surface area contributed by atoms with Crippen LogP contribution < -0.4 is 5.32 Å². The minimum absolute atomic E-state index is 0.0595. The van der Waals surface area contributed by atoms with E-state index >= 15 is 0 Å². The van der Waals surface area contributed by atoms with E-state index in [1.54, 1.807) is 23.5 Å². The van der Waals surface area contributed by atoms with Gasteiger partial charge in [-0.05, 0) is 43.4 Å². The van der Waals surface area contributed by atoms with E-state index in [9.17, 15) is 4.79 Å². The second kappa shape index (κ2) is 7.38. The van der Waals surface area contributed by atoms with Crippen molar-refractivity contribution in [1.82, 2.24) is 15.2 Å². The molecule has 23 heavy (non-hydrogen) atoms. The van der Waals surface area contributed by atoms with Crippen LogP contribution in [0.5, 0.6) is 0 Å². The Morgan fingerprint density at radius 2 is 2.39 bits per heavy atom. The molecule has 0 spiro atoms. The highest BCUT2D eigenvalue weighted by molar-refractivity contribution is 7.10. The third-order valence-corrected chi connectivity index (χ3v) is 5.89. The van der Waals surface area contributed by atoms with E-state index < -0.39 is 0 Å². The highest BCUT2D eigenvalue weighted by atomic mass is 32.1. The molecule has 2 aromatic rings. The Balaban J connectivity index is 1.46. The first-order valence-electron chi connectivity index (χ1n) is 7.79. The normalized spacial score (nSPS) is 16.4. The zero-order chi connectivity index (χ0) is 16.2. The minimum atomic E-state index is -0.0595. The third-order valence-electron chi connectivity index (χ3n) is 4.07. The van der Waals surface area contributed by atoms with Crippen LogP contribution in [0.3, 0.4) is 0 Å². The predicted molar refractivity (Wildman–Crippen MR) is 96.8 cm³/mol. The average molecular weight is 348 g/mol. The van der Waals surface area contributed by atoms with Crippen LogP contribution in [-0.2, 0) is 17.8 Å². The molecule has 0 saturated heterocycles. The van der Waals surface area contributed by atoms with Crippen LogP contribution >= 0.6 is 22.7 Å². The summed E-state index contributed by atoms with van der Waals surface area (Å²) < 4.78 is 0. The van der Waals surface area contributed by atoms with Gasteiger partial charge in [0.1, 0.15) is 0 Å². The Hall–Kier alpha value is -1.50. The summed E-state index contributed by atoms with van der Waals surface area (Å²) >= 11 is 3.44. The van der Waals surface area contributed by atoms with Gasteiger partial charge in [0.15, 0.2) is 0 Å². The number of hydrogen-bond donors (Lipinski definition) is 1. The number of aryl methyl sites for hydroxylation is 1. The molecule has 1 amide bonds. The lowest BCUT2D eigenvalue weighted by Crippen LogP contribution is -2.43. The second-order valence-corrected chi connectivity index (χ2v) is 7.87. The molecule has 122 valence electrons. The monoisotopic (exact) mass is 347 g/mol. The van der Waals surface area contributed by atoms with Gasteiger partial charge in [0.05, 0.1) is 10.7 Å². The first-order chi connectivity index (χ1) is 11.1. The van der Waals surface area contributed by atoms with Crippen molar-refractivity contribution in [3.8, 4) is 0 Å². The van der Waals surface area contributed by atoms with Crippen LogP contribution in [0.25, 0.3) is 6.08 Å². The van der Waals surface area contributed by atoms with Crippen LogP contribution in [0.2, 0.25) is 0 Å². The fraction of sp³-hybridized carbons (Fsp3) is 0.412. The molecule has 2 aromatic heterocycles. The quantitative estimate of drug-likeness (QED) is 0.846. The van der Waals surface area contributed by atoms with Gasteiger partial charge in [-0.25, -0.2) is 4.98 Å². The van der Waals surface area contributed by atoms with Gasteiger partial charge in [-0.2, -0.15) is 0 Å². The summed E-state index contributed by atoms with van der Waals surface area (Å²) in [5.41, 5.74) is 2.29. The Bertz CT molecular complexity index is 704. The minimum Gasteiger partial charge on any atom is -0.351 e. The highest BCUT2D eigenvalue weighted by Gasteiger charge is 2.21. The van der Waals surface area contributed by atoms with Gasteiger partial charge in [-0.1, -0.05) is 0 Å².